The Morgan fingerprint density at radius 1 is 1.03 bits per heavy atom. The van der Waals surface area contributed by atoms with E-state index >= 15 is 0 Å². The highest BCUT2D eigenvalue weighted by Gasteiger charge is 2.30. The Kier molecular flexibility index (Phi) is 8.33. The van der Waals surface area contributed by atoms with Crippen LogP contribution in [0, 0.1) is 5.41 Å². The lowest BCUT2D eigenvalue weighted by Gasteiger charge is -2.23. The second kappa shape index (κ2) is 11.2. The van der Waals surface area contributed by atoms with Gasteiger partial charge in [0.25, 0.3) is 0 Å². The van der Waals surface area contributed by atoms with Gasteiger partial charge in [-0.05, 0) is 47.4 Å². The minimum Gasteiger partial charge on any atom is -0.478 e. The third-order valence-corrected chi connectivity index (χ3v) is 6.16. The molecule has 3 rings (SSSR count). The topological polar surface area (TPSA) is 105 Å². The molecule has 35 heavy (non-hydrogen) atoms. The van der Waals surface area contributed by atoms with E-state index in [2.05, 4.69) is 43.5 Å². The standard InChI is InChI=1S/C28H34N2O5/c1-18(26(32)33)14-16-29-25(31)24(13-15-28(2,3)4)30-27(34)35-17-23-21-11-7-5-9-19(21)20-10-6-8-12-22(20)23/h5-12,14,23-24H,13,15-17H2,1-4H3,(H,29,31)(H,30,34)(H,32,33)/b18-14+. The number of fused-ring (bicyclic) bond motifs is 3. The van der Waals surface area contributed by atoms with Gasteiger partial charge in [0.15, 0.2) is 0 Å². The van der Waals surface area contributed by atoms with Gasteiger partial charge < -0.3 is 20.5 Å². The lowest BCUT2D eigenvalue weighted by molar-refractivity contribution is -0.132. The van der Waals surface area contributed by atoms with Gasteiger partial charge in [-0.1, -0.05) is 75.4 Å². The maximum absolute atomic E-state index is 12.8. The van der Waals surface area contributed by atoms with Crippen LogP contribution < -0.4 is 10.6 Å². The van der Waals surface area contributed by atoms with E-state index in [0.717, 1.165) is 22.3 Å². The van der Waals surface area contributed by atoms with E-state index in [4.69, 9.17) is 9.84 Å². The lowest BCUT2D eigenvalue weighted by atomic mass is 9.88. The lowest BCUT2D eigenvalue weighted by Crippen LogP contribution is -2.47. The zero-order chi connectivity index (χ0) is 25.6. The van der Waals surface area contributed by atoms with Gasteiger partial charge in [-0.3, -0.25) is 4.79 Å². The Morgan fingerprint density at radius 2 is 1.60 bits per heavy atom. The molecule has 2 aromatic carbocycles. The number of hydrogen-bond donors (Lipinski definition) is 3. The van der Waals surface area contributed by atoms with Gasteiger partial charge >= 0.3 is 12.1 Å². The summed E-state index contributed by atoms with van der Waals surface area (Å²) in [5.74, 6) is -1.49. The van der Waals surface area contributed by atoms with Crippen LogP contribution in [0.15, 0.2) is 60.2 Å². The van der Waals surface area contributed by atoms with E-state index in [1.54, 1.807) is 0 Å². The number of benzene rings is 2. The third kappa shape index (κ3) is 6.94. The van der Waals surface area contributed by atoms with Crippen molar-refractivity contribution < 1.29 is 24.2 Å². The molecule has 0 saturated carbocycles. The number of amides is 2. The molecule has 0 saturated heterocycles. The second-order valence-electron chi connectivity index (χ2n) is 10.1. The molecule has 1 aliphatic carbocycles. The molecule has 0 radical (unpaired) electrons. The first-order chi connectivity index (χ1) is 16.6. The molecular formula is C28H34N2O5. The summed E-state index contributed by atoms with van der Waals surface area (Å²) in [5, 5.41) is 14.4. The van der Waals surface area contributed by atoms with E-state index in [1.807, 2.05) is 36.4 Å². The number of carbonyl (C=O) groups is 3. The summed E-state index contributed by atoms with van der Waals surface area (Å²) in [6, 6.07) is 15.4. The van der Waals surface area contributed by atoms with Crippen LogP contribution in [0.5, 0.6) is 0 Å². The molecule has 0 aromatic heterocycles. The molecule has 7 heteroatoms. The summed E-state index contributed by atoms with van der Waals surface area (Å²) in [5.41, 5.74) is 4.63. The van der Waals surface area contributed by atoms with E-state index in [-0.39, 0.29) is 36.0 Å². The minimum atomic E-state index is -1.04. The molecule has 0 aliphatic heterocycles. The van der Waals surface area contributed by atoms with Crippen LogP contribution in [0.25, 0.3) is 11.1 Å². The van der Waals surface area contributed by atoms with E-state index < -0.39 is 18.1 Å². The smallest absolute Gasteiger partial charge is 0.407 e. The highest BCUT2D eigenvalue weighted by Crippen LogP contribution is 2.44. The summed E-state index contributed by atoms with van der Waals surface area (Å²) in [4.78, 5) is 36.5. The van der Waals surface area contributed by atoms with Crippen LogP contribution in [0.2, 0.25) is 0 Å². The number of carboxylic acids is 1. The SMILES string of the molecule is C/C(=C\CNC(=O)C(CCC(C)(C)C)NC(=O)OCC1c2ccccc2-c2ccccc21)C(=O)O. The van der Waals surface area contributed by atoms with Crippen LogP contribution in [-0.4, -0.2) is 42.3 Å². The van der Waals surface area contributed by atoms with Crippen LogP contribution in [-0.2, 0) is 14.3 Å². The van der Waals surface area contributed by atoms with Gasteiger partial charge in [-0.2, -0.15) is 0 Å². The quantitative estimate of drug-likeness (QED) is 0.446. The molecule has 186 valence electrons. The number of carbonyl (C=O) groups excluding carboxylic acids is 2. The predicted octanol–water partition coefficient (Wildman–Crippen LogP) is 4.87. The zero-order valence-electron chi connectivity index (χ0n) is 20.8. The largest absolute Gasteiger partial charge is 0.478 e. The number of ether oxygens (including phenoxy) is 1. The maximum atomic E-state index is 12.8. The van der Waals surface area contributed by atoms with Gasteiger partial charge in [0, 0.05) is 18.0 Å². The summed E-state index contributed by atoms with van der Waals surface area (Å²) in [7, 11) is 0. The molecule has 0 bridgehead atoms. The fraction of sp³-hybridized carbons (Fsp3) is 0.393. The van der Waals surface area contributed by atoms with Crippen molar-refractivity contribution in [2.45, 2.75) is 52.5 Å². The van der Waals surface area contributed by atoms with E-state index in [0.29, 0.717) is 12.8 Å². The van der Waals surface area contributed by atoms with Crippen molar-refractivity contribution >= 4 is 18.0 Å². The molecule has 3 N–H and O–H groups in total. The first-order valence-corrected chi connectivity index (χ1v) is 11.9. The molecule has 2 aromatic rings. The highest BCUT2D eigenvalue weighted by molar-refractivity contribution is 5.87. The summed E-state index contributed by atoms with van der Waals surface area (Å²) in [6.07, 6.45) is 1.91. The Bertz CT molecular complexity index is 1070. The van der Waals surface area contributed by atoms with Crippen molar-refractivity contribution in [3.05, 3.63) is 71.3 Å². The van der Waals surface area contributed by atoms with Crippen molar-refractivity contribution in [1.29, 1.82) is 0 Å². The number of carboxylic acid groups (broad SMARTS) is 1. The Balaban J connectivity index is 1.64. The van der Waals surface area contributed by atoms with Gasteiger partial charge in [-0.15, -0.1) is 0 Å². The maximum Gasteiger partial charge on any atom is 0.407 e. The Labute approximate surface area is 206 Å². The third-order valence-electron chi connectivity index (χ3n) is 6.16. The predicted molar refractivity (Wildman–Crippen MR) is 135 cm³/mol. The van der Waals surface area contributed by atoms with Crippen LogP contribution in [0.1, 0.15) is 57.6 Å². The molecule has 2 amide bonds. The number of rotatable bonds is 9. The van der Waals surface area contributed by atoms with Crippen molar-refractivity contribution in [3.8, 4) is 11.1 Å². The summed E-state index contributed by atoms with van der Waals surface area (Å²) >= 11 is 0. The molecular weight excluding hydrogens is 444 g/mol. The molecule has 7 nitrogen and oxygen atoms in total. The number of hydrogen-bond acceptors (Lipinski definition) is 4. The zero-order valence-corrected chi connectivity index (χ0v) is 20.8. The fourth-order valence-corrected chi connectivity index (χ4v) is 4.14. The molecule has 1 aliphatic rings. The first-order valence-electron chi connectivity index (χ1n) is 11.9. The van der Waals surface area contributed by atoms with Gasteiger partial charge in [0.1, 0.15) is 12.6 Å². The van der Waals surface area contributed by atoms with Crippen LogP contribution in [0.4, 0.5) is 4.79 Å². The van der Waals surface area contributed by atoms with Crippen molar-refractivity contribution in [1.82, 2.24) is 10.6 Å². The average Bonchev–Trinajstić information content (AvgIpc) is 3.13. The fourth-order valence-electron chi connectivity index (χ4n) is 4.14. The normalized spacial score (nSPS) is 14.0. The molecule has 0 spiro atoms. The average molecular weight is 479 g/mol. The minimum absolute atomic E-state index is 0.0266. The second-order valence-corrected chi connectivity index (χ2v) is 10.1. The van der Waals surface area contributed by atoms with Crippen molar-refractivity contribution in [2.75, 3.05) is 13.2 Å². The van der Waals surface area contributed by atoms with Crippen LogP contribution >= 0.6 is 0 Å². The van der Waals surface area contributed by atoms with E-state index in [1.165, 1.54) is 13.0 Å². The molecule has 0 heterocycles. The van der Waals surface area contributed by atoms with Gasteiger partial charge in [0.2, 0.25) is 5.91 Å². The first kappa shape index (κ1) is 26.0. The summed E-state index contributed by atoms with van der Waals surface area (Å²) < 4.78 is 5.61. The highest BCUT2D eigenvalue weighted by atomic mass is 16.5. The van der Waals surface area contributed by atoms with Crippen LogP contribution in [0.3, 0.4) is 0 Å². The number of aliphatic carboxylic acids is 1. The van der Waals surface area contributed by atoms with Gasteiger partial charge in [0.05, 0.1) is 0 Å². The molecule has 1 unspecified atom stereocenters. The van der Waals surface area contributed by atoms with Gasteiger partial charge in [-0.25, -0.2) is 9.59 Å². The Morgan fingerprint density at radius 3 is 2.14 bits per heavy atom. The molecule has 0 fully saturated rings. The van der Waals surface area contributed by atoms with Crippen molar-refractivity contribution in [3.63, 3.8) is 0 Å². The van der Waals surface area contributed by atoms with Crippen molar-refractivity contribution in [2.24, 2.45) is 5.41 Å². The molecule has 1 atom stereocenters. The number of alkyl carbamates (subject to hydrolysis) is 1. The Hall–Kier alpha value is -3.61. The van der Waals surface area contributed by atoms with E-state index in [9.17, 15) is 14.4 Å². The summed E-state index contributed by atoms with van der Waals surface area (Å²) in [6.45, 7) is 7.88. The number of nitrogens with one attached hydrogen (secondary N) is 2. The monoisotopic (exact) mass is 478 g/mol.